The monoisotopic (exact) mass is 536 g/mol. The van der Waals surface area contributed by atoms with E-state index < -0.39 is 0 Å². The highest BCUT2D eigenvalue weighted by atomic mass is 16.2. The summed E-state index contributed by atoms with van der Waals surface area (Å²) in [6.45, 7) is 4.20. The first-order chi connectivity index (χ1) is 19.3. The number of amides is 2. The first-order valence-corrected chi connectivity index (χ1v) is 15.0. The number of aromatic amines is 2. The van der Waals surface area contributed by atoms with E-state index in [1.165, 1.54) is 32.9 Å². The van der Waals surface area contributed by atoms with Gasteiger partial charge in [0, 0.05) is 57.1 Å². The second-order valence-corrected chi connectivity index (χ2v) is 13.4. The van der Waals surface area contributed by atoms with E-state index in [-0.39, 0.29) is 34.7 Å². The quantitative estimate of drug-likeness (QED) is 0.221. The fourth-order valence-corrected chi connectivity index (χ4v) is 7.63. The van der Waals surface area contributed by atoms with Gasteiger partial charge in [0.25, 0.3) is 0 Å². The molecule has 0 aliphatic heterocycles. The molecular formula is C34H40N4O2. The molecule has 4 aromatic rings. The zero-order valence-electron chi connectivity index (χ0n) is 23.6. The van der Waals surface area contributed by atoms with Gasteiger partial charge in [-0.1, -0.05) is 36.4 Å². The Kier molecular flexibility index (Phi) is 6.06. The van der Waals surface area contributed by atoms with Crippen LogP contribution in [0.4, 0.5) is 0 Å². The van der Waals surface area contributed by atoms with Crippen LogP contribution in [-0.2, 0) is 22.4 Å². The van der Waals surface area contributed by atoms with Crippen LogP contribution in [0.2, 0.25) is 0 Å². The highest BCUT2D eigenvalue weighted by molar-refractivity contribution is 5.87. The van der Waals surface area contributed by atoms with Gasteiger partial charge in [-0.05, 0) is 100 Å². The fourth-order valence-electron chi connectivity index (χ4n) is 7.63. The average molecular weight is 537 g/mol. The molecule has 4 bridgehead atoms. The molecule has 2 aromatic heterocycles. The van der Waals surface area contributed by atoms with Crippen molar-refractivity contribution in [2.75, 3.05) is 0 Å². The van der Waals surface area contributed by atoms with Crippen LogP contribution in [0.1, 0.15) is 63.5 Å². The van der Waals surface area contributed by atoms with E-state index in [0.717, 1.165) is 63.2 Å². The van der Waals surface area contributed by atoms with Crippen LogP contribution in [0.15, 0.2) is 60.9 Å². The van der Waals surface area contributed by atoms with Crippen LogP contribution in [0.3, 0.4) is 0 Å². The van der Waals surface area contributed by atoms with Gasteiger partial charge in [-0.25, -0.2) is 0 Å². The van der Waals surface area contributed by atoms with E-state index >= 15 is 0 Å². The number of hydrogen-bond acceptors (Lipinski definition) is 2. The number of para-hydroxylation sites is 2. The third kappa shape index (κ3) is 4.32. The van der Waals surface area contributed by atoms with Gasteiger partial charge in [-0.15, -0.1) is 0 Å². The Morgan fingerprint density at radius 2 is 1.07 bits per heavy atom. The topological polar surface area (TPSA) is 89.8 Å². The van der Waals surface area contributed by atoms with Gasteiger partial charge in [-0.2, -0.15) is 0 Å². The maximum absolute atomic E-state index is 12.3. The number of rotatable bonds is 8. The van der Waals surface area contributed by atoms with Crippen molar-refractivity contribution in [1.29, 1.82) is 0 Å². The molecule has 2 heterocycles. The summed E-state index contributed by atoms with van der Waals surface area (Å²) >= 11 is 0. The first kappa shape index (κ1) is 25.4. The number of nitrogens with one attached hydrogen (secondary N) is 4. The molecule has 6 fully saturated rings. The molecule has 0 saturated heterocycles. The maximum Gasteiger partial charge on any atom is 0.226 e. The highest BCUT2D eigenvalue weighted by Crippen LogP contribution is 2.65. The van der Waals surface area contributed by atoms with Gasteiger partial charge in [-0.3, -0.25) is 9.59 Å². The Morgan fingerprint density at radius 3 is 1.43 bits per heavy atom. The summed E-state index contributed by atoms with van der Waals surface area (Å²) in [7, 11) is 0. The largest absolute Gasteiger partial charge is 0.361 e. The second-order valence-electron chi connectivity index (χ2n) is 13.4. The molecule has 40 heavy (non-hydrogen) atoms. The van der Waals surface area contributed by atoms with Crippen molar-refractivity contribution in [2.45, 2.75) is 77.3 Å². The summed E-state index contributed by atoms with van der Waals surface area (Å²) in [6.07, 6.45) is 12.6. The minimum Gasteiger partial charge on any atom is -0.361 e. The van der Waals surface area contributed by atoms with Crippen LogP contribution in [0.25, 0.3) is 21.8 Å². The zero-order chi connectivity index (χ0) is 27.5. The molecule has 6 aliphatic carbocycles. The lowest BCUT2D eigenvalue weighted by Crippen LogP contribution is -2.61. The van der Waals surface area contributed by atoms with Crippen LogP contribution < -0.4 is 10.6 Å². The van der Waals surface area contributed by atoms with Crippen molar-refractivity contribution in [1.82, 2.24) is 20.6 Å². The van der Waals surface area contributed by atoms with Crippen LogP contribution >= 0.6 is 0 Å². The molecule has 4 N–H and O–H groups in total. The van der Waals surface area contributed by atoms with Gasteiger partial charge < -0.3 is 20.6 Å². The molecule has 10 rings (SSSR count). The second kappa shape index (κ2) is 9.53. The standard InChI is InChI=1S/2C17H20N2O/c2*1-11(19-16(20)17-7-12(8-17)9-17)6-13-10-18-15-5-3-2-4-14(13)15/h2*2-5,10-12,18H,6-9H2,1H3,(H,19,20)/t2*11-,12?,17?/m11/s1. The number of carbonyl (C=O) groups excluding carboxylic acids is 2. The summed E-state index contributed by atoms with van der Waals surface area (Å²) in [5.74, 6) is 2.27. The molecule has 6 saturated carbocycles. The summed E-state index contributed by atoms with van der Waals surface area (Å²) in [4.78, 5) is 31.1. The summed E-state index contributed by atoms with van der Waals surface area (Å²) < 4.78 is 0. The number of fused-ring (bicyclic) bond motifs is 2. The van der Waals surface area contributed by atoms with E-state index in [9.17, 15) is 9.59 Å². The van der Waals surface area contributed by atoms with E-state index in [1.807, 2.05) is 12.1 Å². The first-order valence-electron chi connectivity index (χ1n) is 15.0. The third-order valence-corrected chi connectivity index (χ3v) is 10.2. The fraction of sp³-hybridized carbons (Fsp3) is 0.471. The van der Waals surface area contributed by atoms with E-state index in [1.54, 1.807) is 0 Å². The Morgan fingerprint density at radius 1 is 0.700 bits per heavy atom. The normalized spacial score (nSPS) is 28.6. The van der Waals surface area contributed by atoms with Crippen LogP contribution in [-0.4, -0.2) is 33.9 Å². The molecule has 6 nitrogen and oxygen atoms in total. The van der Waals surface area contributed by atoms with Crippen molar-refractivity contribution >= 4 is 33.6 Å². The lowest BCUT2D eigenvalue weighted by molar-refractivity contribution is -0.166. The SMILES string of the molecule is C[C@H](Cc1c[nH]c2ccccc12)NC(=O)C12CC(C1)C2.C[C@H](Cc1c[nH]c2ccccc12)NC(=O)C12CC(C1)C2. The minimum absolute atomic E-state index is 0.0269. The molecule has 2 amide bonds. The lowest BCUT2D eigenvalue weighted by atomic mass is 9.44. The summed E-state index contributed by atoms with van der Waals surface area (Å²) in [6, 6.07) is 17.0. The molecule has 0 radical (unpaired) electrons. The van der Waals surface area contributed by atoms with Crippen LogP contribution in [0.5, 0.6) is 0 Å². The predicted octanol–water partition coefficient (Wildman–Crippen LogP) is 6.03. The van der Waals surface area contributed by atoms with Crippen molar-refractivity contribution in [3.63, 3.8) is 0 Å². The molecule has 0 spiro atoms. The molecular weight excluding hydrogens is 496 g/mol. The van der Waals surface area contributed by atoms with Crippen molar-refractivity contribution in [3.05, 3.63) is 72.1 Å². The molecule has 208 valence electrons. The smallest absolute Gasteiger partial charge is 0.226 e. The lowest BCUT2D eigenvalue weighted by Gasteiger charge is -2.60. The third-order valence-electron chi connectivity index (χ3n) is 10.2. The van der Waals surface area contributed by atoms with Gasteiger partial charge in [0.2, 0.25) is 11.8 Å². The molecule has 2 aromatic carbocycles. The number of H-pyrrole nitrogens is 2. The van der Waals surface area contributed by atoms with Crippen molar-refractivity contribution in [2.24, 2.45) is 22.7 Å². The van der Waals surface area contributed by atoms with Gasteiger partial charge in [0.1, 0.15) is 0 Å². The Hall–Kier alpha value is -3.54. The van der Waals surface area contributed by atoms with Gasteiger partial charge in [0.15, 0.2) is 0 Å². The average Bonchev–Trinajstić information content (AvgIpc) is 3.39. The number of carbonyl (C=O) groups is 2. The summed E-state index contributed by atoms with van der Waals surface area (Å²) in [5, 5.41) is 8.95. The van der Waals surface area contributed by atoms with Gasteiger partial charge in [0.05, 0.1) is 0 Å². The zero-order valence-corrected chi connectivity index (χ0v) is 23.6. The van der Waals surface area contributed by atoms with Gasteiger partial charge >= 0.3 is 0 Å². The van der Waals surface area contributed by atoms with Crippen LogP contribution in [0, 0.1) is 22.7 Å². The number of benzene rings is 2. The van der Waals surface area contributed by atoms with Crippen molar-refractivity contribution in [3.8, 4) is 0 Å². The van der Waals surface area contributed by atoms with E-state index in [2.05, 4.69) is 83.2 Å². The van der Waals surface area contributed by atoms with E-state index in [0.29, 0.717) is 0 Å². The highest BCUT2D eigenvalue weighted by Gasteiger charge is 2.62. The number of aromatic nitrogens is 2. The Bertz CT molecular complexity index is 1430. The minimum atomic E-state index is 0.0269. The molecule has 0 unspecified atom stereocenters. The maximum atomic E-state index is 12.3. The Labute approximate surface area is 235 Å². The summed E-state index contributed by atoms with van der Waals surface area (Å²) in [5.41, 5.74) is 4.95. The Balaban J connectivity index is 0.000000132. The van der Waals surface area contributed by atoms with E-state index in [4.69, 9.17) is 0 Å². The number of hydrogen-bond donors (Lipinski definition) is 4. The molecule has 6 heteroatoms. The predicted molar refractivity (Wildman–Crippen MR) is 159 cm³/mol. The molecule has 2 atom stereocenters. The van der Waals surface area contributed by atoms with Crippen molar-refractivity contribution < 1.29 is 9.59 Å². The molecule has 6 aliphatic rings.